The number of aromatic nitrogens is 5. The van der Waals surface area contributed by atoms with Crippen LogP contribution >= 0.6 is 0 Å². The molecular weight excluding hydrogens is 473 g/mol. The highest BCUT2D eigenvalue weighted by atomic mass is 19.4. The van der Waals surface area contributed by atoms with E-state index in [1.807, 2.05) is 24.5 Å². The van der Waals surface area contributed by atoms with E-state index in [1.54, 1.807) is 12.5 Å². The van der Waals surface area contributed by atoms with Crippen molar-refractivity contribution in [3.8, 4) is 17.1 Å². The monoisotopic (exact) mass is 498 g/mol. The number of fused-ring (bicyclic) bond motifs is 1. The fourth-order valence-electron chi connectivity index (χ4n) is 4.29. The van der Waals surface area contributed by atoms with Crippen LogP contribution in [0.5, 0.6) is 5.75 Å². The fraction of sp³-hybridized carbons (Fsp3) is 0.360. The number of ether oxygens (including phenoxy) is 2. The molecule has 11 heteroatoms. The van der Waals surface area contributed by atoms with Gasteiger partial charge in [0.1, 0.15) is 12.0 Å². The first-order valence-corrected chi connectivity index (χ1v) is 11.7. The minimum atomic E-state index is -4.76. The molecule has 1 saturated heterocycles. The molecule has 4 heterocycles. The molecule has 0 bridgehead atoms. The molecule has 188 valence electrons. The number of nitrogens with one attached hydrogen (secondary N) is 1. The Balaban J connectivity index is 1.54. The smallest absolute Gasteiger partial charge is 0.406 e. The highest BCUT2D eigenvalue weighted by Gasteiger charge is 2.31. The summed E-state index contributed by atoms with van der Waals surface area (Å²) in [7, 11) is 0. The van der Waals surface area contributed by atoms with Crippen LogP contribution in [0.2, 0.25) is 0 Å². The van der Waals surface area contributed by atoms with E-state index in [9.17, 15) is 13.2 Å². The predicted octanol–water partition coefficient (Wildman–Crippen LogP) is 5.71. The maximum atomic E-state index is 12.6. The topological polar surface area (TPSA) is 87.0 Å². The number of hydrogen-bond acceptors (Lipinski definition) is 7. The van der Waals surface area contributed by atoms with Crippen LogP contribution in [0.25, 0.3) is 22.6 Å². The zero-order valence-electron chi connectivity index (χ0n) is 19.8. The predicted molar refractivity (Wildman–Crippen MR) is 127 cm³/mol. The quantitative estimate of drug-likeness (QED) is 0.364. The van der Waals surface area contributed by atoms with Gasteiger partial charge in [0, 0.05) is 30.6 Å². The van der Waals surface area contributed by atoms with Gasteiger partial charge >= 0.3 is 6.36 Å². The van der Waals surface area contributed by atoms with Crippen molar-refractivity contribution < 1.29 is 22.6 Å². The SMILES string of the molecule is Cc1ccnc(C)c1CNc1nc(-c2ccc(OC(F)(F)F)cc2)nc2c1ncn2C1CCCCO1. The van der Waals surface area contributed by atoms with Crippen molar-refractivity contribution in [2.75, 3.05) is 11.9 Å². The van der Waals surface area contributed by atoms with E-state index in [1.165, 1.54) is 24.3 Å². The third kappa shape index (κ3) is 5.11. The van der Waals surface area contributed by atoms with Crippen molar-refractivity contribution in [3.05, 3.63) is 59.7 Å². The zero-order chi connectivity index (χ0) is 25.3. The summed E-state index contributed by atoms with van der Waals surface area (Å²) in [5.74, 6) is 0.553. The van der Waals surface area contributed by atoms with E-state index in [0.717, 1.165) is 36.1 Å². The van der Waals surface area contributed by atoms with Crippen molar-refractivity contribution in [1.82, 2.24) is 24.5 Å². The van der Waals surface area contributed by atoms with Crippen LogP contribution in [0.4, 0.5) is 19.0 Å². The summed E-state index contributed by atoms with van der Waals surface area (Å²) in [5, 5.41) is 3.37. The first-order valence-electron chi connectivity index (χ1n) is 11.7. The second-order valence-electron chi connectivity index (χ2n) is 8.66. The Morgan fingerprint density at radius 3 is 2.58 bits per heavy atom. The molecule has 1 aliphatic heterocycles. The van der Waals surface area contributed by atoms with Gasteiger partial charge < -0.3 is 14.8 Å². The highest BCUT2D eigenvalue weighted by molar-refractivity contribution is 5.85. The normalized spacial score (nSPS) is 16.3. The fourth-order valence-corrected chi connectivity index (χ4v) is 4.29. The zero-order valence-corrected chi connectivity index (χ0v) is 19.8. The summed E-state index contributed by atoms with van der Waals surface area (Å²) in [6, 6.07) is 7.43. The van der Waals surface area contributed by atoms with Gasteiger partial charge in [0.25, 0.3) is 0 Å². The van der Waals surface area contributed by atoms with Gasteiger partial charge in [-0.05, 0) is 74.6 Å². The molecule has 1 N–H and O–H groups in total. The van der Waals surface area contributed by atoms with Gasteiger partial charge in [-0.3, -0.25) is 9.55 Å². The Hall–Kier alpha value is -3.73. The molecule has 0 amide bonds. The summed E-state index contributed by atoms with van der Waals surface area (Å²) in [4.78, 5) is 18.4. The van der Waals surface area contributed by atoms with Crippen LogP contribution in [0.3, 0.4) is 0 Å². The highest BCUT2D eigenvalue weighted by Crippen LogP contribution is 2.31. The van der Waals surface area contributed by atoms with Gasteiger partial charge in [0.2, 0.25) is 0 Å². The summed E-state index contributed by atoms with van der Waals surface area (Å²) in [5.41, 5.74) is 4.78. The third-order valence-corrected chi connectivity index (χ3v) is 6.17. The van der Waals surface area contributed by atoms with Crippen molar-refractivity contribution in [1.29, 1.82) is 0 Å². The van der Waals surface area contributed by atoms with E-state index >= 15 is 0 Å². The Morgan fingerprint density at radius 2 is 1.89 bits per heavy atom. The first-order chi connectivity index (χ1) is 17.3. The summed E-state index contributed by atoms with van der Waals surface area (Å²) in [6.45, 7) is 5.10. The minimum Gasteiger partial charge on any atom is -0.406 e. The molecule has 1 atom stereocenters. The minimum absolute atomic E-state index is 0.190. The molecule has 1 unspecified atom stereocenters. The molecule has 1 aromatic carbocycles. The lowest BCUT2D eigenvalue weighted by molar-refractivity contribution is -0.274. The molecule has 0 aliphatic carbocycles. The molecule has 5 rings (SSSR count). The van der Waals surface area contributed by atoms with Crippen LogP contribution < -0.4 is 10.1 Å². The number of aryl methyl sites for hydroxylation is 2. The van der Waals surface area contributed by atoms with Crippen LogP contribution in [0, 0.1) is 13.8 Å². The number of alkyl halides is 3. The van der Waals surface area contributed by atoms with Gasteiger partial charge in [-0.2, -0.15) is 0 Å². The number of halogens is 3. The number of hydrogen-bond donors (Lipinski definition) is 1. The first kappa shape index (κ1) is 24.0. The molecule has 36 heavy (non-hydrogen) atoms. The van der Waals surface area contributed by atoms with Crippen molar-refractivity contribution in [3.63, 3.8) is 0 Å². The number of anilines is 1. The second-order valence-corrected chi connectivity index (χ2v) is 8.66. The standard InChI is InChI=1S/C25H25F3N6O2/c1-15-10-11-29-16(2)19(15)13-30-23-21-24(34(14-31-21)20-5-3-4-12-35-20)33-22(32-23)17-6-8-18(9-7-17)36-25(26,27)28/h6-11,14,20H,3-5,12-13H2,1-2H3,(H,30,32,33). The molecule has 8 nitrogen and oxygen atoms in total. The van der Waals surface area contributed by atoms with Crippen LogP contribution in [-0.2, 0) is 11.3 Å². The van der Waals surface area contributed by atoms with E-state index < -0.39 is 6.36 Å². The van der Waals surface area contributed by atoms with Gasteiger partial charge in [0.15, 0.2) is 22.8 Å². The number of benzene rings is 1. The van der Waals surface area contributed by atoms with Gasteiger partial charge in [0.05, 0.1) is 6.33 Å². The number of nitrogens with zero attached hydrogens (tertiary/aromatic N) is 5. The molecule has 1 aliphatic rings. The van der Waals surface area contributed by atoms with Crippen LogP contribution in [0.1, 0.15) is 42.3 Å². The third-order valence-electron chi connectivity index (χ3n) is 6.17. The average Bonchev–Trinajstić information content (AvgIpc) is 3.28. The van der Waals surface area contributed by atoms with E-state index in [-0.39, 0.29) is 12.0 Å². The molecule has 0 saturated carbocycles. The van der Waals surface area contributed by atoms with E-state index in [0.29, 0.717) is 41.5 Å². The maximum Gasteiger partial charge on any atom is 0.573 e. The summed E-state index contributed by atoms with van der Waals surface area (Å²) >= 11 is 0. The number of rotatable bonds is 6. The van der Waals surface area contributed by atoms with Gasteiger partial charge in [-0.1, -0.05) is 0 Å². The molecule has 0 spiro atoms. The van der Waals surface area contributed by atoms with Crippen LogP contribution in [0.15, 0.2) is 42.9 Å². The lowest BCUT2D eigenvalue weighted by atomic mass is 10.1. The maximum absolute atomic E-state index is 12.6. The van der Waals surface area contributed by atoms with E-state index in [2.05, 4.69) is 25.0 Å². The number of pyridine rings is 1. The Bertz CT molecular complexity index is 1340. The largest absolute Gasteiger partial charge is 0.573 e. The Morgan fingerprint density at radius 1 is 1.08 bits per heavy atom. The summed E-state index contributed by atoms with van der Waals surface area (Å²) < 4.78 is 49.6. The Labute approximate surface area is 205 Å². The van der Waals surface area contributed by atoms with Crippen molar-refractivity contribution in [2.45, 2.75) is 52.2 Å². The molecular formula is C25H25F3N6O2. The van der Waals surface area contributed by atoms with E-state index in [4.69, 9.17) is 9.72 Å². The Kier molecular flexibility index (Phi) is 6.48. The lowest BCUT2D eigenvalue weighted by Crippen LogP contribution is -2.18. The average molecular weight is 499 g/mol. The molecule has 4 aromatic rings. The van der Waals surface area contributed by atoms with Gasteiger partial charge in [-0.15, -0.1) is 13.2 Å². The summed E-state index contributed by atoms with van der Waals surface area (Å²) in [6.07, 6.45) is 1.40. The van der Waals surface area contributed by atoms with Crippen molar-refractivity contribution >= 4 is 17.0 Å². The van der Waals surface area contributed by atoms with Crippen LogP contribution in [-0.4, -0.2) is 37.5 Å². The second kappa shape index (κ2) is 9.73. The molecule has 0 radical (unpaired) electrons. The number of imidazole rings is 1. The lowest BCUT2D eigenvalue weighted by Gasteiger charge is -2.24. The molecule has 1 fully saturated rings. The van der Waals surface area contributed by atoms with Crippen molar-refractivity contribution in [2.24, 2.45) is 0 Å². The molecule has 3 aromatic heterocycles. The van der Waals surface area contributed by atoms with Gasteiger partial charge in [-0.25, -0.2) is 15.0 Å².